The molecule has 0 unspecified atom stereocenters. The minimum Gasteiger partial charge on any atom is -0.464 e. The molecule has 0 bridgehead atoms. The lowest BCUT2D eigenvalue weighted by atomic mass is 10.3. The first-order valence-electron chi connectivity index (χ1n) is 5.22. The van der Waals surface area contributed by atoms with E-state index in [1.165, 1.54) is 0 Å². The van der Waals surface area contributed by atoms with Gasteiger partial charge in [0.25, 0.3) is 0 Å². The number of ether oxygens (including phenoxy) is 1. The van der Waals surface area contributed by atoms with Crippen LogP contribution < -0.4 is 10.6 Å². The van der Waals surface area contributed by atoms with Crippen molar-refractivity contribution in [1.82, 2.24) is 10.6 Å². The minimum absolute atomic E-state index is 0.0609. The number of carbonyl (C=O) groups excluding carboxylic acids is 2. The second kappa shape index (κ2) is 8.23. The Labute approximate surface area is 90.6 Å². The molecule has 0 aromatic rings. The number of hydrogen-bond donors (Lipinski definition) is 2. The fourth-order valence-corrected chi connectivity index (χ4v) is 0.825. The van der Waals surface area contributed by atoms with Crippen LogP contribution >= 0.6 is 0 Å². The van der Waals surface area contributed by atoms with Crippen molar-refractivity contribution in [2.75, 3.05) is 20.2 Å². The van der Waals surface area contributed by atoms with Gasteiger partial charge in [-0.15, -0.1) is 0 Å². The molecule has 0 heterocycles. The summed E-state index contributed by atoms with van der Waals surface area (Å²) in [6, 6.07) is -0.298. The quantitative estimate of drug-likeness (QED) is 0.466. The lowest BCUT2D eigenvalue weighted by Crippen LogP contribution is -2.42. The second-order valence-corrected chi connectivity index (χ2v) is 3.30. The van der Waals surface area contributed by atoms with Crippen molar-refractivity contribution >= 4 is 11.9 Å². The lowest BCUT2D eigenvalue weighted by molar-refractivity contribution is -0.144. The van der Waals surface area contributed by atoms with Gasteiger partial charge in [-0.3, -0.25) is 9.59 Å². The molecule has 5 nitrogen and oxygen atoms in total. The summed E-state index contributed by atoms with van der Waals surface area (Å²) in [6.07, 6.45) is 1.84. The number of esters is 1. The van der Waals surface area contributed by atoms with Gasteiger partial charge < -0.3 is 15.4 Å². The Morgan fingerprint density at radius 1 is 1.40 bits per heavy atom. The molecule has 0 spiro atoms. The standard InChI is InChI=1S/C10H20N2O3/c1-4-5-6-15-9(13)7-12-10(14)8(2)11-3/h8,11H,4-7H2,1-3H3,(H,12,14)/t8-/m1/s1. The van der Waals surface area contributed by atoms with Gasteiger partial charge in [0.15, 0.2) is 0 Å². The molecule has 15 heavy (non-hydrogen) atoms. The summed E-state index contributed by atoms with van der Waals surface area (Å²) >= 11 is 0. The Kier molecular flexibility index (Phi) is 7.62. The highest BCUT2D eigenvalue weighted by atomic mass is 16.5. The molecule has 0 rings (SSSR count). The normalized spacial score (nSPS) is 11.9. The maximum atomic E-state index is 11.2. The van der Waals surface area contributed by atoms with Crippen LogP contribution in [0.25, 0.3) is 0 Å². The molecule has 88 valence electrons. The van der Waals surface area contributed by atoms with Crippen LogP contribution in [-0.2, 0) is 14.3 Å². The van der Waals surface area contributed by atoms with Crippen LogP contribution in [0.15, 0.2) is 0 Å². The third kappa shape index (κ3) is 6.90. The van der Waals surface area contributed by atoms with Gasteiger partial charge >= 0.3 is 5.97 Å². The van der Waals surface area contributed by atoms with Crippen molar-refractivity contribution in [2.24, 2.45) is 0 Å². The molecule has 1 amide bonds. The van der Waals surface area contributed by atoms with E-state index in [1.54, 1.807) is 14.0 Å². The highest BCUT2D eigenvalue weighted by Gasteiger charge is 2.11. The topological polar surface area (TPSA) is 67.4 Å². The van der Waals surface area contributed by atoms with Crippen LogP contribution in [0.3, 0.4) is 0 Å². The van der Waals surface area contributed by atoms with Crippen molar-refractivity contribution in [2.45, 2.75) is 32.7 Å². The Balaban J connectivity index is 3.57. The van der Waals surface area contributed by atoms with Crippen molar-refractivity contribution in [3.8, 4) is 0 Å². The SMILES string of the molecule is CCCCOC(=O)CNC(=O)[C@@H](C)NC. The zero-order valence-corrected chi connectivity index (χ0v) is 9.63. The number of rotatable bonds is 7. The van der Waals surface area contributed by atoms with Crippen LogP contribution in [-0.4, -0.2) is 38.1 Å². The molecule has 0 aliphatic heterocycles. The molecule has 0 fully saturated rings. The average Bonchev–Trinajstić information content (AvgIpc) is 2.25. The van der Waals surface area contributed by atoms with E-state index < -0.39 is 0 Å². The van der Waals surface area contributed by atoms with Crippen molar-refractivity contribution < 1.29 is 14.3 Å². The summed E-state index contributed by atoms with van der Waals surface area (Å²) in [5, 5.41) is 5.26. The number of amides is 1. The fourth-order valence-electron chi connectivity index (χ4n) is 0.825. The van der Waals surface area contributed by atoms with Crippen LogP contribution in [0.4, 0.5) is 0 Å². The van der Waals surface area contributed by atoms with Gasteiger partial charge in [-0.05, 0) is 20.4 Å². The van der Waals surface area contributed by atoms with Crippen LogP contribution in [0.5, 0.6) is 0 Å². The monoisotopic (exact) mass is 216 g/mol. The van der Waals surface area contributed by atoms with Crippen molar-refractivity contribution in [3.05, 3.63) is 0 Å². The Morgan fingerprint density at radius 2 is 2.07 bits per heavy atom. The third-order valence-electron chi connectivity index (χ3n) is 1.99. The first-order valence-corrected chi connectivity index (χ1v) is 5.22. The van der Waals surface area contributed by atoms with Crippen LogP contribution in [0.1, 0.15) is 26.7 Å². The molecule has 0 radical (unpaired) electrons. The molecule has 2 N–H and O–H groups in total. The number of likely N-dealkylation sites (N-methyl/N-ethyl adjacent to an activating group) is 1. The van der Waals surface area contributed by atoms with Gasteiger partial charge in [0.05, 0.1) is 12.6 Å². The summed E-state index contributed by atoms with van der Waals surface area (Å²) in [5.74, 6) is -0.593. The van der Waals surface area contributed by atoms with E-state index in [4.69, 9.17) is 4.74 Å². The molecule has 0 aromatic carbocycles. The van der Waals surface area contributed by atoms with Gasteiger partial charge in [-0.2, -0.15) is 0 Å². The van der Waals surface area contributed by atoms with Gasteiger partial charge in [-0.25, -0.2) is 0 Å². The predicted molar refractivity (Wildman–Crippen MR) is 57.4 cm³/mol. The first-order chi connectivity index (χ1) is 7.11. The summed E-state index contributed by atoms with van der Waals surface area (Å²) in [6.45, 7) is 4.10. The summed E-state index contributed by atoms with van der Waals surface area (Å²) in [4.78, 5) is 22.3. The summed E-state index contributed by atoms with van der Waals surface area (Å²) < 4.78 is 4.87. The average molecular weight is 216 g/mol. The molecule has 1 atom stereocenters. The van der Waals surface area contributed by atoms with Crippen LogP contribution in [0.2, 0.25) is 0 Å². The highest BCUT2D eigenvalue weighted by molar-refractivity contribution is 5.85. The van der Waals surface area contributed by atoms with E-state index in [2.05, 4.69) is 10.6 Å². The van der Waals surface area contributed by atoms with Gasteiger partial charge in [0, 0.05) is 0 Å². The van der Waals surface area contributed by atoms with Crippen LogP contribution in [0, 0.1) is 0 Å². The third-order valence-corrected chi connectivity index (χ3v) is 1.99. The first kappa shape index (κ1) is 13.9. The van der Waals surface area contributed by atoms with E-state index in [0.29, 0.717) is 6.61 Å². The van der Waals surface area contributed by atoms with E-state index in [-0.39, 0.29) is 24.5 Å². The second-order valence-electron chi connectivity index (χ2n) is 3.30. The fraction of sp³-hybridized carbons (Fsp3) is 0.800. The lowest BCUT2D eigenvalue weighted by Gasteiger charge is -2.10. The van der Waals surface area contributed by atoms with Crippen molar-refractivity contribution in [3.63, 3.8) is 0 Å². The molecule has 0 aliphatic rings. The van der Waals surface area contributed by atoms with Gasteiger partial charge in [-0.1, -0.05) is 13.3 Å². The number of unbranched alkanes of at least 4 members (excludes halogenated alkanes) is 1. The Hall–Kier alpha value is -1.10. The molecule has 0 aliphatic carbocycles. The Bertz CT molecular complexity index is 207. The molecular weight excluding hydrogens is 196 g/mol. The van der Waals surface area contributed by atoms with E-state index >= 15 is 0 Å². The molecular formula is C10H20N2O3. The number of nitrogens with one attached hydrogen (secondary N) is 2. The molecule has 0 saturated heterocycles. The molecule has 0 saturated carbocycles. The van der Waals surface area contributed by atoms with Crippen molar-refractivity contribution in [1.29, 1.82) is 0 Å². The van der Waals surface area contributed by atoms with E-state index in [1.807, 2.05) is 6.92 Å². The predicted octanol–water partition coefficient (Wildman–Crippen LogP) is 0.0538. The van der Waals surface area contributed by atoms with Gasteiger partial charge in [0.2, 0.25) is 5.91 Å². The zero-order chi connectivity index (χ0) is 11.7. The number of hydrogen-bond acceptors (Lipinski definition) is 4. The largest absolute Gasteiger partial charge is 0.464 e. The zero-order valence-electron chi connectivity index (χ0n) is 9.63. The summed E-state index contributed by atoms with van der Waals surface area (Å²) in [5.41, 5.74) is 0. The molecule has 0 aromatic heterocycles. The maximum Gasteiger partial charge on any atom is 0.325 e. The smallest absolute Gasteiger partial charge is 0.325 e. The molecule has 5 heteroatoms. The van der Waals surface area contributed by atoms with Gasteiger partial charge in [0.1, 0.15) is 6.54 Å². The highest BCUT2D eigenvalue weighted by Crippen LogP contribution is 1.88. The van der Waals surface area contributed by atoms with E-state index in [0.717, 1.165) is 12.8 Å². The van der Waals surface area contributed by atoms with E-state index in [9.17, 15) is 9.59 Å². The summed E-state index contributed by atoms with van der Waals surface area (Å²) in [7, 11) is 1.68. The Morgan fingerprint density at radius 3 is 2.60 bits per heavy atom. The number of carbonyl (C=O) groups is 2. The minimum atomic E-state index is -0.389. The maximum absolute atomic E-state index is 11.2.